The Hall–Kier alpha value is -5.28. The maximum absolute atomic E-state index is 9.62. The molecule has 0 fully saturated rings. The van der Waals surface area contributed by atoms with E-state index in [2.05, 4.69) is 66.7 Å². The molecule has 190 valence electrons. The molecule has 0 aliphatic heterocycles. The topological polar surface area (TPSA) is 72.3 Å². The molecule has 0 atom stereocenters. The van der Waals surface area contributed by atoms with Crippen molar-refractivity contribution in [3.05, 3.63) is 152 Å². The van der Waals surface area contributed by atoms with Crippen molar-refractivity contribution in [2.45, 2.75) is 0 Å². The molecule has 0 radical (unpaired) electrons. The van der Waals surface area contributed by atoms with E-state index in [1.807, 2.05) is 72.8 Å². The summed E-state index contributed by atoms with van der Waals surface area (Å²) in [5.74, 6) is 0.282. The molecular weight excluding hydrogens is 476 g/mol. The highest BCUT2D eigenvalue weighted by atomic mass is 16.3. The first-order valence-corrected chi connectivity index (χ1v) is 12.8. The van der Waals surface area contributed by atoms with Crippen LogP contribution in [0.5, 0.6) is 5.75 Å². The fourth-order valence-corrected chi connectivity index (χ4v) is 4.56. The number of hydrogen-bond donors (Lipinski definition) is 3. The molecule has 0 heterocycles. The number of benzene rings is 6. The minimum atomic E-state index is 0.282. The Morgan fingerprint density at radius 3 is 1.18 bits per heavy atom. The second-order valence-corrected chi connectivity index (χ2v) is 9.25. The lowest BCUT2D eigenvalue weighted by Crippen LogP contribution is -1.90. The lowest BCUT2D eigenvalue weighted by molar-refractivity contribution is 0.475. The molecule has 0 bridgehead atoms. The molecule has 0 spiro atoms. The van der Waals surface area contributed by atoms with Crippen molar-refractivity contribution in [3.63, 3.8) is 0 Å². The lowest BCUT2D eigenvalue weighted by atomic mass is 9.88. The third-order valence-corrected chi connectivity index (χ3v) is 6.54. The van der Waals surface area contributed by atoms with Crippen LogP contribution in [0.3, 0.4) is 0 Å². The predicted octanol–water partition coefficient (Wildman–Crippen LogP) is 8.91. The van der Waals surface area contributed by atoms with Crippen molar-refractivity contribution >= 4 is 11.4 Å². The van der Waals surface area contributed by atoms with Crippen molar-refractivity contribution in [2.24, 2.45) is 0 Å². The van der Waals surface area contributed by atoms with E-state index in [-0.39, 0.29) is 5.75 Å². The van der Waals surface area contributed by atoms with Gasteiger partial charge in [0.2, 0.25) is 0 Å². The van der Waals surface area contributed by atoms with Gasteiger partial charge < -0.3 is 16.6 Å². The molecule has 0 aromatic heterocycles. The van der Waals surface area contributed by atoms with Crippen molar-refractivity contribution < 1.29 is 5.11 Å². The average molecular weight is 507 g/mol. The summed E-state index contributed by atoms with van der Waals surface area (Å²) in [6, 6.07) is 50.3. The van der Waals surface area contributed by atoms with Crippen molar-refractivity contribution in [1.29, 1.82) is 0 Å². The summed E-state index contributed by atoms with van der Waals surface area (Å²) < 4.78 is 0. The number of phenols is 1. The molecule has 6 aromatic rings. The molecule has 5 N–H and O–H groups in total. The van der Waals surface area contributed by atoms with Gasteiger partial charge in [-0.3, -0.25) is 0 Å². The summed E-state index contributed by atoms with van der Waals surface area (Å²) in [5.41, 5.74) is 22.1. The van der Waals surface area contributed by atoms with Crippen LogP contribution in [0, 0.1) is 0 Å². The number of nitrogen functional groups attached to an aromatic ring is 2. The Labute approximate surface area is 229 Å². The zero-order chi connectivity index (χ0) is 27.0. The third kappa shape index (κ3) is 6.17. The highest BCUT2D eigenvalue weighted by Gasteiger charge is 2.13. The first-order valence-electron chi connectivity index (χ1n) is 12.8. The van der Waals surface area contributed by atoms with Gasteiger partial charge in [-0.15, -0.1) is 0 Å². The van der Waals surface area contributed by atoms with E-state index in [1.165, 1.54) is 22.3 Å². The molecule has 0 amide bonds. The molecule has 3 nitrogen and oxygen atoms in total. The average Bonchev–Trinajstić information content (AvgIpc) is 2.99. The molecular formula is C36H30N2O. The van der Waals surface area contributed by atoms with Gasteiger partial charge in [0.25, 0.3) is 0 Å². The number of aromatic hydroxyl groups is 1. The van der Waals surface area contributed by atoms with Crippen molar-refractivity contribution in [3.8, 4) is 50.3 Å². The van der Waals surface area contributed by atoms with Crippen LogP contribution in [0.4, 0.5) is 11.4 Å². The second kappa shape index (κ2) is 11.8. The molecule has 0 unspecified atom stereocenters. The summed E-state index contributed by atoms with van der Waals surface area (Å²) >= 11 is 0. The van der Waals surface area contributed by atoms with Gasteiger partial charge in [0.05, 0.1) is 0 Å². The van der Waals surface area contributed by atoms with Crippen LogP contribution in [0.1, 0.15) is 0 Å². The molecule has 3 heteroatoms. The molecule has 0 aliphatic rings. The fourth-order valence-electron chi connectivity index (χ4n) is 4.56. The first kappa shape index (κ1) is 25.4. The van der Waals surface area contributed by atoms with Crippen LogP contribution in [-0.2, 0) is 0 Å². The largest absolute Gasteiger partial charge is 0.508 e. The van der Waals surface area contributed by atoms with Crippen LogP contribution in [-0.4, -0.2) is 5.11 Å². The van der Waals surface area contributed by atoms with E-state index in [0.29, 0.717) is 0 Å². The lowest BCUT2D eigenvalue weighted by Gasteiger charge is -2.16. The van der Waals surface area contributed by atoms with Gasteiger partial charge in [-0.05, 0) is 80.9 Å². The van der Waals surface area contributed by atoms with E-state index in [4.69, 9.17) is 11.5 Å². The highest BCUT2D eigenvalue weighted by Crippen LogP contribution is 2.40. The summed E-state index contributed by atoms with van der Waals surface area (Å²) in [6.07, 6.45) is 0. The summed E-state index contributed by atoms with van der Waals surface area (Å²) in [7, 11) is 0. The smallest absolute Gasteiger partial charge is 0.115 e. The van der Waals surface area contributed by atoms with E-state index in [1.54, 1.807) is 12.1 Å². The van der Waals surface area contributed by atoms with Gasteiger partial charge in [0.1, 0.15) is 5.75 Å². The predicted molar refractivity (Wildman–Crippen MR) is 165 cm³/mol. The van der Waals surface area contributed by atoms with Gasteiger partial charge >= 0.3 is 0 Å². The number of anilines is 2. The Kier molecular flexibility index (Phi) is 7.71. The maximum atomic E-state index is 9.62. The van der Waals surface area contributed by atoms with Gasteiger partial charge in [0.15, 0.2) is 0 Å². The zero-order valence-corrected chi connectivity index (χ0v) is 21.5. The minimum absolute atomic E-state index is 0.282. The van der Waals surface area contributed by atoms with Crippen molar-refractivity contribution in [1.82, 2.24) is 0 Å². The highest BCUT2D eigenvalue weighted by molar-refractivity contribution is 5.94. The molecule has 6 aromatic carbocycles. The van der Waals surface area contributed by atoms with Crippen LogP contribution in [0.15, 0.2) is 152 Å². The summed E-state index contributed by atoms with van der Waals surface area (Å²) in [5, 5.41) is 9.62. The number of hydrogen-bond acceptors (Lipinski definition) is 3. The maximum Gasteiger partial charge on any atom is 0.115 e. The third-order valence-electron chi connectivity index (χ3n) is 6.54. The fraction of sp³-hybridized carbons (Fsp3) is 0. The minimum Gasteiger partial charge on any atom is -0.508 e. The van der Waals surface area contributed by atoms with Crippen LogP contribution in [0.25, 0.3) is 44.5 Å². The van der Waals surface area contributed by atoms with Gasteiger partial charge in [-0.1, -0.05) is 115 Å². The molecule has 0 saturated heterocycles. The number of nitrogens with two attached hydrogens (primary N) is 2. The van der Waals surface area contributed by atoms with Gasteiger partial charge in [-0.2, -0.15) is 0 Å². The normalized spacial score (nSPS) is 10.4. The second-order valence-electron chi connectivity index (χ2n) is 9.25. The van der Waals surface area contributed by atoms with Gasteiger partial charge in [-0.25, -0.2) is 0 Å². The van der Waals surface area contributed by atoms with E-state index < -0.39 is 0 Å². The molecule has 39 heavy (non-hydrogen) atoms. The standard InChI is InChI=1S/C24H18O.C12H12N2/c25-21-16-14-19(15-17-21)23-13-7-12-22(18-8-3-1-4-9-18)24(23)20-10-5-2-6-11-20;13-11-5-1-9(2-6-11)10-3-7-12(14)8-4-10/h1-17,25H;1-8H,13-14H2. The van der Waals surface area contributed by atoms with Crippen LogP contribution >= 0.6 is 0 Å². The Balaban J connectivity index is 0.000000186. The van der Waals surface area contributed by atoms with E-state index in [9.17, 15) is 5.11 Å². The van der Waals surface area contributed by atoms with Crippen LogP contribution in [0.2, 0.25) is 0 Å². The number of phenolic OH excluding ortho intramolecular Hbond substituents is 1. The number of rotatable bonds is 4. The monoisotopic (exact) mass is 506 g/mol. The van der Waals surface area contributed by atoms with Crippen molar-refractivity contribution in [2.75, 3.05) is 11.5 Å². The van der Waals surface area contributed by atoms with E-state index >= 15 is 0 Å². The summed E-state index contributed by atoms with van der Waals surface area (Å²) in [6.45, 7) is 0. The molecule has 0 aliphatic carbocycles. The van der Waals surface area contributed by atoms with E-state index in [0.717, 1.165) is 33.6 Å². The zero-order valence-electron chi connectivity index (χ0n) is 21.5. The molecule has 6 rings (SSSR count). The Morgan fingerprint density at radius 2 is 0.718 bits per heavy atom. The summed E-state index contributed by atoms with van der Waals surface area (Å²) in [4.78, 5) is 0. The molecule has 0 saturated carbocycles. The Bertz CT molecular complexity index is 1580. The quantitative estimate of drug-likeness (QED) is 0.209. The SMILES string of the molecule is Nc1ccc(-c2ccc(N)cc2)cc1.Oc1ccc(-c2cccc(-c3ccccc3)c2-c2ccccc2)cc1. The Morgan fingerprint density at radius 1 is 0.333 bits per heavy atom. The van der Waals surface area contributed by atoms with Gasteiger partial charge in [0, 0.05) is 11.4 Å². The van der Waals surface area contributed by atoms with Crippen LogP contribution < -0.4 is 11.5 Å². The first-order chi connectivity index (χ1) is 19.1.